The van der Waals surface area contributed by atoms with Crippen LogP contribution in [-0.4, -0.2) is 111 Å². The summed E-state index contributed by atoms with van der Waals surface area (Å²) >= 11 is 0. The third-order valence-corrected chi connectivity index (χ3v) is 11.5. The van der Waals surface area contributed by atoms with Gasteiger partial charge in [-0.25, -0.2) is 0 Å². The average Bonchev–Trinajstić information content (AvgIpc) is 3.81. The molecule has 0 spiro atoms. The zero-order chi connectivity index (χ0) is 40.8. The summed E-state index contributed by atoms with van der Waals surface area (Å²) in [6.45, 7) is 7.67. The summed E-state index contributed by atoms with van der Waals surface area (Å²) in [5, 5.41) is 31.8. The van der Waals surface area contributed by atoms with E-state index in [2.05, 4.69) is 34.6 Å². The number of hydrogen-bond donors (Lipinski definition) is 2. The van der Waals surface area contributed by atoms with Crippen LogP contribution in [0.25, 0.3) is 22.4 Å². The summed E-state index contributed by atoms with van der Waals surface area (Å²) < 4.78 is 25.9. The third-order valence-electron chi connectivity index (χ3n) is 11.5. The van der Waals surface area contributed by atoms with Gasteiger partial charge >= 0.3 is 5.97 Å². The van der Waals surface area contributed by atoms with Crippen molar-refractivity contribution in [2.24, 2.45) is 23.7 Å². The highest BCUT2D eigenvalue weighted by molar-refractivity contribution is 5.91. The van der Waals surface area contributed by atoms with Crippen molar-refractivity contribution in [2.75, 3.05) is 14.1 Å². The summed E-state index contributed by atoms with van der Waals surface area (Å²) in [6.07, 6.45) is 2.45. The number of aliphatic hydroxyl groups excluding tert-OH is 2. The maximum atomic E-state index is 13.6. The molecule has 306 valence electrons. The molecule has 0 amide bonds. The first-order chi connectivity index (χ1) is 27.4. The lowest BCUT2D eigenvalue weighted by Crippen LogP contribution is -2.56. The number of likely N-dealkylation sites (N-methyl/N-ethyl adjacent to an activating group) is 1. The van der Waals surface area contributed by atoms with Crippen molar-refractivity contribution < 1.29 is 43.5 Å². The van der Waals surface area contributed by atoms with Gasteiger partial charge in [0.05, 0.1) is 37.4 Å². The van der Waals surface area contributed by atoms with Crippen LogP contribution in [-0.2, 0) is 39.9 Å². The highest BCUT2D eigenvalue weighted by Gasteiger charge is 2.58. The van der Waals surface area contributed by atoms with E-state index in [0.29, 0.717) is 18.7 Å². The molecule has 57 heavy (non-hydrogen) atoms. The summed E-state index contributed by atoms with van der Waals surface area (Å²) in [6, 6.07) is 17.8. The number of benzene rings is 2. The van der Waals surface area contributed by atoms with E-state index in [9.17, 15) is 24.6 Å². The molecular formula is C44H56N4O9. The van der Waals surface area contributed by atoms with Gasteiger partial charge in [0.15, 0.2) is 18.4 Å². The normalized spacial score (nSPS) is 34.2. The van der Waals surface area contributed by atoms with E-state index in [1.54, 1.807) is 24.6 Å². The molecule has 2 aromatic carbocycles. The highest BCUT2D eigenvalue weighted by Crippen LogP contribution is 2.40. The quantitative estimate of drug-likeness (QED) is 0.161. The number of esters is 1. The number of ether oxygens (including phenoxy) is 4. The Labute approximate surface area is 334 Å². The smallest absolute Gasteiger partial charge is 0.308 e. The standard InChI is InChI=1S/C44H56N4O9/c1-7-37-33(24-48-25-34(45-46-48)31-16-14-30(15-17-31)29-11-9-8-10-12-29)21-26(2)13-18-35(50)27(3)22-32(19-20-49)41(28(4)36(51)23-38(52)54-37)55-43-40(53)39(47(5)6)42-44(56-42)57-43/h8-18,20-21,25,27-28,32-33,36-37,39-44,51,53H,7,19,22-24H2,1-6H3/b18-13+,26-21+/t27-,28+,32+,33-,36-,37-,39?,40?,41-,42?,43-,44+/m1/s1. The Morgan fingerprint density at radius 1 is 0.982 bits per heavy atom. The molecule has 2 fully saturated rings. The van der Waals surface area contributed by atoms with Gasteiger partial charge < -0.3 is 38.9 Å². The number of allylic oxidation sites excluding steroid dienone is 3. The molecule has 4 heterocycles. The van der Waals surface area contributed by atoms with Gasteiger partial charge in [0.25, 0.3) is 0 Å². The molecule has 2 saturated heterocycles. The van der Waals surface area contributed by atoms with E-state index < -0.39 is 66.8 Å². The number of rotatable bonds is 10. The first-order valence-electron chi connectivity index (χ1n) is 19.9. The molecule has 2 N–H and O–H groups in total. The zero-order valence-electron chi connectivity index (χ0n) is 33.6. The summed E-state index contributed by atoms with van der Waals surface area (Å²) in [5.74, 6) is -2.87. The van der Waals surface area contributed by atoms with Gasteiger partial charge in [0, 0.05) is 29.7 Å². The number of nitrogens with zero attached hydrogens (tertiary/aromatic N) is 4. The molecule has 13 heteroatoms. The number of ketones is 1. The lowest BCUT2D eigenvalue weighted by atomic mass is 9.79. The Hall–Kier alpha value is -4.37. The molecule has 13 nitrogen and oxygen atoms in total. The van der Waals surface area contributed by atoms with Crippen LogP contribution in [0, 0.1) is 23.7 Å². The maximum absolute atomic E-state index is 13.6. The Morgan fingerprint density at radius 2 is 1.68 bits per heavy atom. The van der Waals surface area contributed by atoms with Gasteiger partial charge in [-0.05, 0) is 57.0 Å². The molecular weight excluding hydrogens is 729 g/mol. The third kappa shape index (κ3) is 10.4. The molecule has 0 radical (unpaired) electrons. The van der Waals surface area contributed by atoms with Gasteiger partial charge in [-0.1, -0.05) is 98.3 Å². The van der Waals surface area contributed by atoms with Crippen molar-refractivity contribution in [3.05, 3.63) is 84.6 Å². The van der Waals surface area contributed by atoms with Crippen molar-refractivity contribution >= 4 is 18.0 Å². The largest absolute Gasteiger partial charge is 0.462 e. The van der Waals surface area contributed by atoms with Crippen molar-refractivity contribution in [3.63, 3.8) is 0 Å². The second-order valence-corrected chi connectivity index (χ2v) is 16.0. The van der Waals surface area contributed by atoms with Crippen LogP contribution in [0.5, 0.6) is 0 Å². The second-order valence-electron chi connectivity index (χ2n) is 16.0. The fourth-order valence-corrected chi connectivity index (χ4v) is 8.13. The van der Waals surface area contributed by atoms with Crippen LogP contribution in [0.4, 0.5) is 0 Å². The van der Waals surface area contributed by atoms with Crippen molar-refractivity contribution in [3.8, 4) is 22.4 Å². The number of carbonyl (C=O) groups excluding carboxylic acids is 3. The number of aldehydes is 1. The Bertz CT molecular complexity index is 1880. The molecule has 0 aliphatic carbocycles. The second kappa shape index (κ2) is 18.9. The van der Waals surface area contributed by atoms with E-state index in [1.807, 2.05) is 75.4 Å². The fourth-order valence-electron chi connectivity index (χ4n) is 8.13. The molecule has 12 atom stereocenters. The highest BCUT2D eigenvalue weighted by atomic mass is 16.8. The van der Waals surface area contributed by atoms with Crippen LogP contribution in [0.1, 0.15) is 53.4 Å². The maximum Gasteiger partial charge on any atom is 0.308 e. The first-order valence-corrected chi connectivity index (χ1v) is 19.9. The molecule has 3 aliphatic rings. The summed E-state index contributed by atoms with van der Waals surface area (Å²) in [4.78, 5) is 41.1. The average molecular weight is 785 g/mol. The van der Waals surface area contributed by atoms with Crippen LogP contribution in [0.2, 0.25) is 0 Å². The van der Waals surface area contributed by atoms with Gasteiger partial charge in [-0.3, -0.25) is 14.3 Å². The Balaban J connectivity index is 1.24. The molecule has 3 aromatic rings. The Kier molecular flexibility index (Phi) is 14.0. The minimum Gasteiger partial charge on any atom is -0.462 e. The molecule has 3 unspecified atom stereocenters. The summed E-state index contributed by atoms with van der Waals surface area (Å²) in [5.41, 5.74) is 4.61. The topological polar surface area (TPSA) is 166 Å². The number of epoxide rings is 1. The summed E-state index contributed by atoms with van der Waals surface area (Å²) in [7, 11) is 3.66. The number of hydrogen-bond acceptors (Lipinski definition) is 12. The van der Waals surface area contributed by atoms with Crippen LogP contribution in [0.3, 0.4) is 0 Å². The van der Waals surface area contributed by atoms with Gasteiger partial charge in [-0.15, -0.1) is 5.10 Å². The molecule has 3 aliphatic heterocycles. The lowest BCUT2D eigenvalue weighted by molar-refractivity contribution is -0.269. The molecule has 0 saturated carbocycles. The van der Waals surface area contributed by atoms with Crippen molar-refractivity contribution in [2.45, 2.75) is 109 Å². The van der Waals surface area contributed by atoms with E-state index in [4.69, 9.17) is 18.9 Å². The van der Waals surface area contributed by atoms with E-state index >= 15 is 0 Å². The van der Waals surface area contributed by atoms with E-state index in [1.165, 1.54) is 6.08 Å². The molecule has 0 bridgehead atoms. The van der Waals surface area contributed by atoms with Crippen LogP contribution >= 0.6 is 0 Å². The zero-order valence-corrected chi connectivity index (χ0v) is 33.6. The number of carbonyl (C=O) groups is 3. The van der Waals surface area contributed by atoms with Crippen molar-refractivity contribution in [1.29, 1.82) is 0 Å². The molecule has 1 aromatic heterocycles. The lowest BCUT2D eigenvalue weighted by Gasteiger charge is -2.41. The van der Waals surface area contributed by atoms with E-state index in [-0.39, 0.29) is 37.1 Å². The van der Waals surface area contributed by atoms with Crippen LogP contribution in [0.15, 0.2) is 84.6 Å². The van der Waals surface area contributed by atoms with Gasteiger partial charge in [-0.2, -0.15) is 0 Å². The first kappa shape index (κ1) is 42.2. The van der Waals surface area contributed by atoms with Crippen molar-refractivity contribution in [1.82, 2.24) is 19.9 Å². The number of cyclic esters (lactones) is 1. The minimum atomic E-state index is -1.25. The molecule has 6 rings (SSSR count). The minimum absolute atomic E-state index is 0.0253. The van der Waals surface area contributed by atoms with Gasteiger partial charge in [0.2, 0.25) is 0 Å². The fraction of sp³-hybridized carbons (Fsp3) is 0.523. The number of fused-ring (bicyclic) bond motifs is 1. The number of aromatic nitrogens is 3. The van der Waals surface area contributed by atoms with Gasteiger partial charge in [0.1, 0.15) is 30.3 Å². The predicted molar refractivity (Wildman–Crippen MR) is 212 cm³/mol. The predicted octanol–water partition coefficient (Wildman–Crippen LogP) is 5.01. The Morgan fingerprint density at radius 3 is 2.37 bits per heavy atom. The number of aliphatic hydroxyl groups is 2. The van der Waals surface area contributed by atoms with Crippen LogP contribution < -0.4 is 0 Å². The monoisotopic (exact) mass is 784 g/mol. The van der Waals surface area contributed by atoms with E-state index in [0.717, 1.165) is 28.5 Å². The SMILES string of the molecule is CC[C@H]1OC(=O)C[C@@H](O)[C@H](C)[C@@H](O[C@@H]2O[C@@H]3OC3C(N(C)C)C2O)[C@@H](CC=O)C[C@@H](C)C(=O)/C=C/C(C)=C/[C@@H]1Cn1cc(-c2ccc(-c3ccccc3)cc2)nn1.